The molecule has 0 aliphatic rings. The quantitative estimate of drug-likeness (QED) is 0.689. The number of fused-ring (bicyclic) bond motifs is 1. The smallest absolute Gasteiger partial charge is 0.348 e. The number of carbonyl (C=O) groups is 1. The van der Waals surface area contributed by atoms with Gasteiger partial charge < -0.3 is 18.9 Å². The van der Waals surface area contributed by atoms with Crippen molar-refractivity contribution < 1.29 is 28.3 Å². The van der Waals surface area contributed by atoms with E-state index in [-0.39, 0.29) is 19.8 Å². The topological polar surface area (TPSA) is 82.1 Å². The van der Waals surface area contributed by atoms with Gasteiger partial charge in [0.1, 0.15) is 12.4 Å². The molecule has 2 aromatic carbocycles. The minimum absolute atomic E-state index is 0.0943. The molecule has 0 amide bonds. The molecule has 0 aliphatic heterocycles. The SMILES string of the molecule is CCOP(=O)(OCC)C(COc1ccc2ccccc2c1)C(=O)O. The largest absolute Gasteiger partial charge is 0.492 e. The lowest BCUT2D eigenvalue weighted by atomic mass is 10.1. The Bertz CT molecular complexity index is 735. The monoisotopic (exact) mass is 352 g/mol. The van der Waals surface area contributed by atoms with Gasteiger partial charge in [-0.1, -0.05) is 30.3 Å². The van der Waals surface area contributed by atoms with Crippen LogP contribution in [0.3, 0.4) is 0 Å². The van der Waals surface area contributed by atoms with Crippen LogP contribution in [0.15, 0.2) is 42.5 Å². The average Bonchev–Trinajstić information content (AvgIpc) is 2.55. The number of carboxylic acids is 1. The van der Waals surface area contributed by atoms with E-state index >= 15 is 0 Å². The number of rotatable bonds is 9. The highest BCUT2D eigenvalue weighted by Crippen LogP contribution is 2.53. The minimum atomic E-state index is -3.80. The van der Waals surface area contributed by atoms with Crippen molar-refractivity contribution in [1.29, 1.82) is 0 Å². The number of carboxylic acid groups (broad SMARTS) is 1. The third kappa shape index (κ3) is 4.35. The van der Waals surface area contributed by atoms with Crippen LogP contribution in [0.25, 0.3) is 10.8 Å². The van der Waals surface area contributed by atoms with Gasteiger partial charge in [-0.25, -0.2) is 0 Å². The molecule has 0 radical (unpaired) electrons. The number of hydrogen-bond donors (Lipinski definition) is 1. The van der Waals surface area contributed by atoms with E-state index in [0.29, 0.717) is 5.75 Å². The summed E-state index contributed by atoms with van der Waals surface area (Å²) in [7, 11) is -3.80. The van der Waals surface area contributed by atoms with Crippen LogP contribution in [0.4, 0.5) is 0 Å². The molecule has 0 aliphatic carbocycles. The highest BCUT2D eigenvalue weighted by atomic mass is 31.2. The highest BCUT2D eigenvalue weighted by Gasteiger charge is 2.42. The van der Waals surface area contributed by atoms with Gasteiger partial charge in [-0.3, -0.25) is 9.36 Å². The summed E-state index contributed by atoms with van der Waals surface area (Å²) in [5.74, 6) is -0.777. The average molecular weight is 352 g/mol. The Morgan fingerprint density at radius 3 is 2.29 bits per heavy atom. The van der Waals surface area contributed by atoms with E-state index in [0.717, 1.165) is 10.8 Å². The minimum Gasteiger partial charge on any atom is -0.492 e. The van der Waals surface area contributed by atoms with E-state index in [9.17, 15) is 14.5 Å². The van der Waals surface area contributed by atoms with E-state index in [1.807, 2.05) is 30.3 Å². The molecular weight excluding hydrogens is 331 g/mol. The maximum atomic E-state index is 12.7. The zero-order valence-electron chi connectivity index (χ0n) is 13.7. The van der Waals surface area contributed by atoms with Gasteiger partial charge >= 0.3 is 13.6 Å². The summed E-state index contributed by atoms with van der Waals surface area (Å²) in [6.07, 6.45) is 0. The zero-order valence-corrected chi connectivity index (χ0v) is 14.6. The van der Waals surface area contributed by atoms with Crippen molar-refractivity contribution in [2.24, 2.45) is 0 Å². The fourth-order valence-electron chi connectivity index (χ4n) is 2.31. The van der Waals surface area contributed by atoms with E-state index in [1.54, 1.807) is 26.0 Å². The molecule has 1 unspecified atom stereocenters. The van der Waals surface area contributed by atoms with Crippen LogP contribution in [0.1, 0.15) is 13.8 Å². The van der Waals surface area contributed by atoms with Crippen LogP contribution >= 0.6 is 7.60 Å². The van der Waals surface area contributed by atoms with Crippen LogP contribution in [-0.2, 0) is 18.4 Å². The first kappa shape index (κ1) is 18.5. The van der Waals surface area contributed by atoms with Crippen molar-refractivity contribution in [1.82, 2.24) is 0 Å². The summed E-state index contributed by atoms with van der Waals surface area (Å²) >= 11 is 0. The summed E-state index contributed by atoms with van der Waals surface area (Å²) < 4.78 is 28.5. The maximum Gasteiger partial charge on any atom is 0.348 e. The van der Waals surface area contributed by atoms with Gasteiger partial charge in [0.15, 0.2) is 5.66 Å². The fraction of sp³-hybridized carbons (Fsp3) is 0.353. The van der Waals surface area contributed by atoms with Crippen molar-refractivity contribution in [2.45, 2.75) is 19.5 Å². The highest BCUT2D eigenvalue weighted by molar-refractivity contribution is 7.55. The van der Waals surface area contributed by atoms with Crippen LogP contribution in [0.2, 0.25) is 0 Å². The molecular formula is C17H21O6P. The molecule has 7 heteroatoms. The third-order valence-corrected chi connectivity index (χ3v) is 5.78. The number of benzene rings is 2. The van der Waals surface area contributed by atoms with Crippen molar-refractivity contribution in [3.8, 4) is 5.75 Å². The molecule has 6 nitrogen and oxygen atoms in total. The predicted molar refractivity (Wildman–Crippen MR) is 91.7 cm³/mol. The Morgan fingerprint density at radius 1 is 1.08 bits per heavy atom. The summed E-state index contributed by atoms with van der Waals surface area (Å²) in [5.41, 5.74) is -1.39. The molecule has 0 heterocycles. The van der Waals surface area contributed by atoms with Gasteiger partial charge in [0.2, 0.25) is 0 Å². The van der Waals surface area contributed by atoms with Crippen LogP contribution < -0.4 is 4.74 Å². The predicted octanol–water partition coefficient (Wildman–Crippen LogP) is 3.94. The zero-order chi connectivity index (χ0) is 17.6. The first-order valence-electron chi connectivity index (χ1n) is 7.73. The van der Waals surface area contributed by atoms with Crippen LogP contribution in [0.5, 0.6) is 5.75 Å². The van der Waals surface area contributed by atoms with Crippen molar-refractivity contribution in [2.75, 3.05) is 19.8 Å². The maximum absolute atomic E-state index is 12.7. The Hall–Kier alpha value is -1.88. The van der Waals surface area contributed by atoms with Crippen molar-refractivity contribution in [3.05, 3.63) is 42.5 Å². The van der Waals surface area contributed by atoms with Crippen LogP contribution in [0, 0.1) is 0 Å². The second-order valence-electron chi connectivity index (χ2n) is 5.05. The van der Waals surface area contributed by atoms with Crippen molar-refractivity contribution >= 4 is 24.3 Å². The van der Waals surface area contributed by atoms with Gasteiger partial charge in [-0.2, -0.15) is 0 Å². The van der Waals surface area contributed by atoms with E-state index in [1.165, 1.54) is 0 Å². The molecule has 2 rings (SSSR count). The third-order valence-electron chi connectivity index (χ3n) is 3.41. The van der Waals surface area contributed by atoms with Gasteiger partial charge in [0, 0.05) is 0 Å². The molecule has 0 saturated carbocycles. The Kier molecular flexibility index (Phi) is 6.37. The number of ether oxygens (including phenoxy) is 1. The van der Waals surface area contributed by atoms with Gasteiger partial charge in [0.25, 0.3) is 0 Å². The number of hydrogen-bond acceptors (Lipinski definition) is 5. The fourth-order valence-corrected chi connectivity index (χ4v) is 3.99. The number of aliphatic carboxylic acids is 1. The molecule has 0 saturated heterocycles. The molecule has 24 heavy (non-hydrogen) atoms. The summed E-state index contributed by atoms with van der Waals surface area (Å²) in [5, 5.41) is 11.4. The molecule has 0 spiro atoms. The van der Waals surface area contributed by atoms with Gasteiger partial charge in [-0.15, -0.1) is 0 Å². The summed E-state index contributed by atoms with van der Waals surface area (Å²) in [4.78, 5) is 11.5. The first-order chi connectivity index (χ1) is 11.5. The van der Waals surface area contributed by atoms with Crippen LogP contribution in [-0.4, -0.2) is 36.6 Å². The molecule has 0 fully saturated rings. The van der Waals surface area contributed by atoms with Gasteiger partial charge in [0.05, 0.1) is 13.2 Å². The lowest BCUT2D eigenvalue weighted by Gasteiger charge is -2.23. The Balaban J connectivity index is 2.17. The molecule has 0 aromatic heterocycles. The lowest BCUT2D eigenvalue weighted by Crippen LogP contribution is -2.29. The van der Waals surface area contributed by atoms with Crippen molar-refractivity contribution in [3.63, 3.8) is 0 Å². The Morgan fingerprint density at radius 2 is 1.71 bits per heavy atom. The van der Waals surface area contributed by atoms with E-state index in [4.69, 9.17) is 13.8 Å². The molecule has 0 bridgehead atoms. The van der Waals surface area contributed by atoms with E-state index in [2.05, 4.69) is 0 Å². The normalized spacial score (nSPS) is 12.9. The Labute approximate surface area is 140 Å². The lowest BCUT2D eigenvalue weighted by molar-refractivity contribution is -0.137. The molecule has 1 N–H and O–H groups in total. The standard InChI is InChI=1S/C17H21O6P/c1-3-22-24(20,23-4-2)16(17(18)19)12-21-15-10-9-13-7-5-6-8-14(13)11-15/h5-11,16H,3-4,12H2,1-2H3,(H,18,19). The van der Waals surface area contributed by atoms with E-state index < -0.39 is 19.2 Å². The first-order valence-corrected chi connectivity index (χ1v) is 9.34. The summed E-state index contributed by atoms with van der Waals surface area (Å²) in [6, 6.07) is 13.2. The molecule has 130 valence electrons. The molecule has 2 aromatic rings. The molecule has 1 atom stereocenters. The summed E-state index contributed by atoms with van der Waals surface area (Å²) in [6.45, 7) is 3.16. The second kappa shape index (κ2) is 8.29. The van der Waals surface area contributed by atoms with Gasteiger partial charge in [-0.05, 0) is 36.8 Å². The second-order valence-corrected chi connectivity index (χ2v) is 7.27.